The maximum atomic E-state index is 11.1. The first-order valence-corrected chi connectivity index (χ1v) is 4.07. The van der Waals surface area contributed by atoms with Crippen LogP contribution in [0.1, 0.15) is 10.4 Å². The molecule has 0 unspecified atom stereocenters. The number of rotatable bonds is 2. The molecule has 68 valence electrons. The lowest BCUT2D eigenvalue weighted by molar-refractivity contribution is 0.106. The lowest BCUT2D eigenvalue weighted by Crippen LogP contribution is -1.99. The van der Waals surface area contributed by atoms with E-state index >= 15 is 0 Å². The van der Waals surface area contributed by atoms with Crippen LogP contribution >= 0.6 is 23.2 Å². The van der Waals surface area contributed by atoms with Crippen LogP contribution in [0.5, 0.6) is 0 Å². The molecule has 0 saturated heterocycles. The van der Waals surface area contributed by atoms with Crippen LogP contribution in [0.25, 0.3) is 0 Å². The van der Waals surface area contributed by atoms with E-state index in [0.29, 0.717) is 15.6 Å². The molecule has 0 aliphatic carbocycles. The van der Waals surface area contributed by atoms with E-state index in [0.717, 1.165) is 6.21 Å². The van der Waals surface area contributed by atoms with E-state index in [1.165, 1.54) is 18.2 Å². The Morgan fingerprint density at radius 3 is 2.62 bits per heavy atom. The van der Waals surface area contributed by atoms with Gasteiger partial charge in [0.1, 0.15) is 6.21 Å². The smallest absolute Gasteiger partial charge is 0.207 e. The molecule has 0 atom stereocenters. The van der Waals surface area contributed by atoms with Crippen molar-refractivity contribution in [3.05, 3.63) is 33.8 Å². The van der Waals surface area contributed by atoms with Crippen LogP contribution < -0.4 is 0 Å². The molecule has 13 heavy (non-hydrogen) atoms. The van der Waals surface area contributed by atoms with E-state index in [9.17, 15) is 4.79 Å². The number of halogens is 2. The van der Waals surface area contributed by atoms with E-state index in [-0.39, 0.29) is 0 Å². The van der Waals surface area contributed by atoms with Gasteiger partial charge in [-0.15, -0.1) is 0 Å². The van der Waals surface area contributed by atoms with Crippen molar-refractivity contribution in [1.82, 2.24) is 0 Å². The van der Waals surface area contributed by atoms with Crippen molar-refractivity contribution in [2.24, 2.45) is 5.16 Å². The summed E-state index contributed by atoms with van der Waals surface area (Å²) in [6, 6.07) is 4.41. The lowest BCUT2D eigenvalue weighted by atomic mass is 10.1. The summed E-state index contributed by atoms with van der Waals surface area (Å²) >= 11 is 11.3. The molecule has 0 fully saturated rings. The van der Waals surface area contributed by atoms with Crippen molar-refractivity contribution in [2.45, 2.75) is 0 Å². The molecule has 0 amide bonds. The van der Waals surface area contributed by atoms with E-state index < -0.39 is 5.78 Å². The first kappa shape index (κ1) is 10.0. The van der Waals surface area contributed by atoms with Gasteiger partial charge in [-0.2, -0.15) is 0 Å². The first-order chi connectivity index (χ1) is 6.15. The van der Waals surface area contributed by atoms with Gasteiger partial charge in [-0.3, -0.25) is 4.79 Å². The molecule has 0 aliphatic rings. The second-order valence-electron chi connectivity index (χ2n) is 2.24. The molecule has 0 heterocycles. The molecule has 3 nitrogen and oxygen atoms in total. The van der Waals surface area contributed by atoms with Crippen molar-refractivity contribution in [3.8, 4) is 0 Å². The molecule has 0 spiro atoms. The number of carbonyl (C=O) groups excluding carboxylic acids is 1. The molecule has 1 N–H and O–H groups in total. The number of ketones is 1. The second-order valence-corrected chi connectivity index (χ2v) is 3.05. The predicted octanol–water partition coefficient (Wildman–Crippen LogP) is 2.64. The first-order valence-electron chi connectivity index (χ1n) is 3.32. The highest BCUT2D eigenvalue weighted by Gasteiger charge is 2.05. The molecule has 1 rings (SSSR count). The second kappa shape index (κ2) is 4.25. The Morgan fingerprint density at radius 2 is 2.08 bits per heavy atom. The Labute approximate surface area is 84.6 Å². The van der Waals surface area contributed by atoms with E-state index in [1.54, 1.807) is 0 Å². The maximum Gasteiger partial charge on any atom is 0.207 e. The molecule has 0 aromatic heterocycles. The Kier molecular flexibility index (Phi) is 3.28. The fourth-order valence-corrected chi connectivity index (χ4v) is 1.07. The highest BCUT2D eigenvalue weighted by atomic mass is 35.5. The third-order valence-electron chi connectivity index (χ3n) is 1.38. The van der Waals surface area contributed by atoms with Crippen LogP contribution in [-0.2, 0) is 0 Å². The average Bonchev–Trinajstić information content (AvgIpc) is 2.10. The third kappa shape index (κ3) is 2.44. The molecule has 0 saturated carbocycles. The minimum Gasteiger partial charge on any atom is -0.411 e. The van der Waals surface area contributed by atoms with Crippen molar-refractivity contribution >= 4 is 35.2 Å². The SMILES string of the molecule is O=C(C=NO)c1ccc(Cl)c(Cl)c1. The van der Waals surface area contributed by atoms with Crippen LogP contribution in [-0.4, -0.2) is 17.2 Å². The average molecular weight is 218 g/mol. The summed E-state index contributed by atoms with van der Waals surface area (Å²) in [7, 11) is 0. The number of Topliss-reactive ketones (excluding diaryl/α,β-unsaturated/α-hetero) is 1. The number of benzene rings is 1. The van der Waals surface area contributed by atoms with Crippen LogP contribution in [0, 0.1) is 0 Å². The van der Waals surface area contributed by atoms with Crippen LogP contribution in [0.4, 0.5) is 0 Å². The number of nitrogens with zero attached hydrogens (tertiary/aromatic N) is 1. The number of hydrogen-bond donors (Lipinski definition) is 1. The van der Waals surface area contributed by atoms with E-state index in [4.69, 9.17) is 28.4 Å². The topological polar surface area (TPSA) is 49.7 Å². The Hall–Kier alpha value is -1.06. The quantitative estimate of drug-likeness (QED) is 0.359. The zero-order valence-electron chi connectivity index (χ0n) is 6.37. The lowest BCUT2D eigenvalue weighted by Gasteiger charge is -1.97. The monoisotopic (exact) mass is 217 g/mol. The highest BCUT2D eigenvalue weighted by Crippen LogP contribution is 2.22. The number of oxime groups is 1. The maximum absolute atomic E-state index is 11.1. The fourth-order valence-electron chi connectivity index (χ4n) is 0.776. The van der Waals surface area contributed by atoms with Gasteiger partial charge in [-0.25, -0.2) is 0 Å². The van der Waals surface area contributed by atoms with Crippen LogP contribution in [0.3, 0.4) is 0 Å². The standard InChI is InChI=1S/C8H5Cl2NO2/c9-6-2-1-5(3-7(6)10)8(12)4-11-13/h1-4,13H. The van der Waals surface area contributed by atoms with Crippen molar-refractivity contribution in [1.29, 1.82) is 0 Å². The van der Waals surface area contributed by atoms with Crippen molar-refractivity contribution in [3.63, 3.8) is 0 Å². The van der Waals surface area contributed by atoms with Crippen LogP contribution in [0.2, 0.25) is 10.0 Å². The Morgan fingerprint density at radius 1 is 1.38 bits per heavy atom. The van der Waals surface area contributed by atoms with Gasteiger partial charge in [-0.1, -0.05) is 28.4 Å². The predicted molar refractivity (Wildman–Crippen MR) is 51.1 cm³/mol. The molecule has 0 radical (unpaired) electrons. The summed E-state index contributed by atoms with van der Waals surface area (Å²) in [4.78, 5) is 11.1. The summed E-state index contributed by atoms with van der Waals surface area (Å²) in [6.45, 7) is 0. The molecule has 5 heteroatoms. The summed E-state index contributed by atoms with van der Waals surface area (Å²) in [6.07, 6.45) is 0.791. The minimum atomic E-state index is -0.430. The van der Waals surface area contributed by atoms with Gasteiger partial charge in [-0.05, 0) is 18.2 Å². The highest BCUT2D eigenvalue weighted by molar-refractivity contribution is 6.43. The van der Waals surface area contributed by atoms with Gasteiger partial charge >= 0.3 is 0 Å². The van der Waals surface area contributed by atoms with Gasteiger partial charge < -0.3 is 5.21 Å². The van der Waals surface area contributed by atoms with Gasteiger partial charge in [0.05, 0.1) is 10.0 Å². The van der Waals surface area contributed by atoms with Gasteiger partial charge in [0, 0.05) is 5.56 Å². The molecule has 0 bridgehead atoms. The molecule has 0 aliphatic heterocycles. The number of carbonyl (C=O) groups is 1. The molecule has 1 aromatic carbocycles. The van der Waals surface area contributed by atoms with E-state index in [1.807, 2.05) is 0 Å². The van der Waals surface area contributed by atoms with Gasteiger partial charge in [0.15, 0.2) is 0 Å². The summed E-state index contributed by atoms with van der Waals surface area (Å²) in [5.74, 6) is -0.430. The zero-order chi connectivity index (χ0) is 9.84. The number of hydrogen-bond acceptors (Lipinski definition) is 3. The molecular weight excluding hydrogens is 213 g/mol. The van der Waals surface area contributed by atoms with Crippen molar-refractivity contribution in [2.75, 3.05) is 0 Å². The normalized spacial score (nSPS) is 10.6. The molecular formula is C8H5Cl2NO2. The van der Waals surface area contributed by atoms with Crippen molar-refractivity contribution < 1.29 is 10.0 Å². The largest absolute Gasteiger partial charge is 0.411 e. The summed E-state index contributed by atoms with van der Waals surface area (Å²) in [5.41, 5.74) is 0.326. The zero-order valence-corrected chi connectivity index (χ0v) is 7.88. The third-order valence-corrected chi connectivity index (χ3v) is 2.12. The van der Waals surface area contributed by atoms with Crippen LogP contribution in [0.15, 0.2) is 23.4 Å². The Bertz CT molecular complexity index is 363. The summed E-state index contributed by atoms with van der Waals surface area (Å²) in [5, 5.41) is 11.4. The fraction of sp³-hybridized carbons (Fsp3) is 0. The Balaban J connectivity index is 3.04. The minimum absolute atomic E-state index is 0.291. The molecule has 1 aromatic rings. The summed E-state index contributed by atoms with van der Waals surface area (Å²) < 4.78 is 0. The van der Waals surface area contributed by atoms with Gasteiger partial charge in [0.25, 0.3) is 0 Å². The van der Waals surface area contributed by atoms with E-state index in [2.05, 4.69) is 5.16 Å². The van der Waals surface area contributed by atoms with Gasteiger partial charge in [0.2, 0.25) is 5.78 Å².